The lowest BCUT2D eigenvalue weighted by Crippen LogP contribution is -2.34. The normalized spacial score (nSPS) is 12.3. The summed E-state index contributed by atoms with van der Waals surface area (Å²) >= 11 is 2.43. The molecule has 0 fully saturated rings. The van der Waals surface area contributed by atoms with Gasteiger partial charge in [-0.25, -0.2) is 14.6 Å². The number of carbonyl (C=O) groups is 4. The van der Waals surface area contributed by atoms with E-state index in [2.05, 4.69) is 10.3 Å². The molecule has 2 heterocycles. The van der Waals surface area contributed by atoms with Crippen LogP contribution in [0.1, 0.15) is 38.2 Å². The Kier molecular flexibility index (Phi) is 8.01. The third kappa shape index (κ3) is 5.92. The van der Waals surface area contributed by atoms with Crippen molar-refractivity contribution in [1.29, 1.82) is 0 Å². The van der Waals surface area contributed by atoms with Crippen molar-refractivity contribution < 1.29 is 28.7 Å². The summed E-state index contributed by atoms with van der Waals surface area (Å²) in [4.78, 5) is 56.8. The molecular formula is C25H23N3O6S2. The summed E-state index contributed by atoms with van der Waals surface area (Å²) < 4.78 is 10.4. The molecular weight excluding hydrogens is 502 g/mol. The van der Waals surface area contributed by atoms with Crippen LogP contribution >= 0.6 is 23.1 Å². The van der Waals surface area contributed by atoms with Gasteiger partial charge in [-0.05, 0) is 37.6 Å². The van der Waals surface area contributed by atoms with Crippen molar-refractivity contribution in [3.05, 3.63) is 70.2 Å². The van der Waals surface area contributed by atoms with E-state index in [-0.39, 0.29) is 24.6 Å². The minimum atomic E-state index is -0.696. The van der Waals surface area contributed by atoms with Crippen LogP contribution in [-0.2, 0) is 25.6 Å². The quantitative estimate of drug-likeness (QED) is 0.438. The first-order valence-electron chi connectivity index (χ1n) is 11.1. The molecule has 0 aliphatic carbocycles. The second-order valence-electron chi connectivity index (χ2n) is 7.72. The molecule has 1 aliphatic heterocycles. The minimum Gasteiger partial charge on any atom is -0.462 e. The molecule has 0 unspecified atom stereocenters. The van der Waals surface area contributed by atoms with Crippen LogP contribution in [0.5, 0.6) is 0 Å². The number of rotatable bonds is 8. The van der Waals surface area contributed by atoms with Crippen LogP contribution in [0.2, 0.25) is 0 Å². The number of nitrogens with one attached hydrogen (secondary N) is 1. The minimum absolute atomic E-state index is 0.148. The molecule has 4 rings (SSSR count). The maximum absolute atomic E-state index is 13.2. The maximum atomic E-state index is 13.2. The summed E-state index contributed by atoms with van der Waals surface area (Å²) in [5, 5.41) is 3.03. The van der Waals surface area contributed by atoms with E-state index in [1.54, 1.807) is 26.0 Å². The van der Waals surface area contributed by atoms with Gasteiger partial charge in [0.2, 0.25) is 5.91 Å². The number of thiazole rings is 1. The van der Waals surface area contributed by atoms with Crippen LogP contribution in [0.15, 0.2) is 53.4 Å². The molecule has 2 amide bonds. The van der Waals surface area contributed by atoms with E-state index in [0.717, 1.165) is 21.8 Å². The highest BCUT2D eigenvalue weighted by atomic mass is 32.2. The highest BCUT2D eigenvalue weighted by Gasteiger charge is 2.26. The Balaban J connectivity index is 1.51. The molecule has 0 bridgehead atoms. The predicted molar refractivity (Wildman–Crippen MR) is 137 cm³/mol. The summed E-state index contributed by atoms with van der Waals surface area (Å²) in [5.41, 5.74) is 2.04. The molecule has 36 heavy (non-hydrogen) atoms. The number of hydrogen-bond donors (Lipinski definition) is 1. The van der Waals surface area contributed by atoms with Crippen molar-refractivity contribution in [2.24, 2.45) is 0 Å². The third-order valence-corrected chi connectivity index (χ3v) is 7.37. The zero-order valence-electron chi connectivity index (χ0n) is 19.6. The predicted octanol–water partition coefficient (Wildman–Crippen LogP) is 4.06. The van der Waals surface area contributed by atoms with Crippen LogP contribution in [0.25, 0.3) is 0 Å². The highest BCUT2D eigenvalue weighted by Crippen LogP contribution is 2.32. The Hall–Kier alpha value is -3.70. The number of amides is 2. The average molecular weight is 526 g/mol. The van der Waals surface area contributed by atoms with Gasteiger partial charge in [-0.3, -0.25) is 14.5 Å². The first-order chi connectivity index (χ1) is 17.4. The molecule has 1 N–H and O–H groups in total. The molecule has 0 radical (unpaired) electrons. The molecule has 9 nitrogen and oxygen atoms in total. The number of benzene rings is 2. The number of aromatic nitrogens is 1. The van der Waals surface area contributed by atoms with Gasteiger partial charge in [-0.15, -0.1) is 11.8 Å². The SMILES string of the molecule is CCOC(=O)c1sc(N(Cc2ccccc2)C(=O)COC(=O)c2ccc3c(c2)NC(=O)CS3)nc1C. The van der Waals surface area contributed by atoms with Crippen LogP contribution in [-0.4, -0.2) is 47.7 Å². The molecule has 0 saturated heterocycles. The lowest BCUT2D eigenvalue weighted by molar-refractivity contribution is -0.121. The smallest absolute Gasteiger partial charge is 0.350 e. The average Bonchev–Trinajstić information content (AvgIpc) is 3.27. The number of hydrogen-bond acceptors (Lipinski definition) is 9. The fraction of sp³-hybridized carbons (Fsp3) is 0.240. The van der Waals surface area contributed by atoms with Crippen molar-refractivity contribution in [3.8, 4) is 0 Å². The van der Waals surface area contributed by atoms with Gasteiger partial charge in [0.25, 0.3) is 5.91 Å². The lowest BCUT2D eigenvalue weighted by Gasteiger charge is -2.20. The summed E-state index contributed by atoms with van der Waals surface area (Å²) in [6.07, 6.45) is 0. The van der Waals surface area contributed by atoms with Crippen molar-refractivity contribution in [3.63, 3.8) is 0 Å². The Morgan fingerprint density at radius 2 is 1.86 bits per heavy atom. The third-order valence-electron chi connectivity index (χ3n) is 5.14. The second kappa shape index (κ2) is 11.4. The number of ether oxygens (including phenoxy) is 2. The lowest BCUT2D eigenvalue weighted by atomic mass is 10.2. The molecule has 0 saturated carbocycles. The number of esters is 2. The van der Waals surface area contributed by atoms with E-state index in [1.165, 1.54) is 22.7 Å². The molecule has 2 aromatic carbocycles. The van der Waals surface area contributed by atoms with Gasteiger partial charge in [0.05, 0.1) is 35.8 Å². The van der Waals surface area contributed by atoms with Gasteiger partial charge >= 0.3 is 11.9 Å². The summed E-state index contributed by atoms with van der Waals surface area (Å²) in [6.45, 7) is 3.25. The van der Waals surface area contributed by atoms with Crippen molar-refractivity contribution in [2.75, 3.05) is 29.2 Å². The molecule has 186 valence electrons. The molecule has 3 aromatic rings. The van der Waals surface area contributed by atoms with Crippen molar-refractivity contribution in [1.82, 2.24) is 4.98 Å². The molecule has 11 heteroatoms. The number of anilines is 2. The van der Waals surface area contributed by atoms with Gasteiger partial charge in [0, 0.05) is 4.90 Å². The van der Waals surface area contributed by atoms with E-state index in [1.807, 2.05) is 30.3 Å². The zero-order chi connectivity index (χ0) is 25.7. The maximum Gasteiger partial charge on any atom is 0.350 e. The van der Waals surface area contributed by atoms with Crippen LogP contribution in [0, 0.1) is 6.92 Å². The molecule has 0 atom stereocenters. The Morgan fingerprint density at radius 3 is 2.61 bits per heavy atom. The zero-order valence-corrected chi connectivity index (χ0v) is 21.2. The van der Waals surface area contributed by atoms with Crippen LogP contribution in [0.4, 0.5) is 10.8 Å². The van der Waals surface area contributed by atoms with E-state index < -0.39 is 24.5 Å². The summed E-state index contributed by atoms with van der Waals surface area (Å²) in [7, 11) is 0. The fourth-order valence-electron chi connectivity index (χ4n) is 3.41. The number of aryl methyl sites for hydroxylation is 1. The van der Waals surface area contributed by atoms with Gasteiger partial charge < -0.3 is 14.8 Å². The van der Waals surface area contributed by atoms with E-state index in [0.29, 0.717) is 27.1 Å². The van der Waals surface area contributed by atoms with Gasteiger partial charge in [-0.1, -0.05) is 41.7 Å². The largest absolute Gasteiger partial charge is 0.462 e. The first kappa shape index (κ1) is 25.4. The number of fused-ring (bicyclic) bond motifs is 1. The molecule has 1 aromatic heterocycles. The van der Waals surface area contributed by atoms with Gasteiger partial charge in [-0.2, -0.15) is 0 Å². The highest BCUT2D eigenvalue weighted by molar-refractivity contribution is 8.00. The number of carbonyl (C=O) groups excluding carboxylic acids is 4. The number of thioether (sulfide) groups is 1. The standard InChI is InChI=1S/C25H23N3O6S2/c1-3-33-24(32)22-15(2)26-25(36-22)28(12-16-7-5-4-6-8-16)21(30)13-34-23(31)17-9-10-19-18(11-17)27-20(29)14-35-19/h4-11H,3,12-14H2,1-2H3,(H,27,29). The Morgan fingerprint density at radius 1 is 1.08 bits per heavy atom. The number of nitrogens with zero attached hydrogens (tertiary/aromatic N) is 2. The molecule has 0 spiro atoms. The van der Waals surface area contributed by atoms with Gasteiger partial charge in [0.15, 0.2) is 11.7 Å². The fourth-order valence-corrected chi connectivity index (χ4v) is 5.18. The van der Waals surface area contributed by atoms with Gasteiger partial charge in [0.1, 0.15) is 4.88 Å². The van der Waals surface area contributed by atoms with E-state index in [4.69, 9.17) is 9.47 Å². The summed E-state index contributed by atoms with van der Waals surface area (Å²) in [6, 6.07) is 14.1. The monoisotopic (exact) mass is 525 g/mol. The Labute approximate surface area is 215 Å². The van der Waals surface area contributed by atoms with Crippen molar-refractivity contribution >= 4 is 57.7 Å². The van der Waals surface area contributed by atoms with Crippen LogP contribution < -0.4 is 10.2 Å². The summed E-state index contributed by atoms with van der Waals surface area (Å²) in [5.74, 6) is -1.53. The van der Waals surface area contributed by atoms with E-state index in [9.17, 15) is 19.2 Å². The second-order valence-corrected chi connectivity index (χ2v) is 9.72. The van der Waals surface area contributed by atoms with Crippen LogP contribution in [0.3, 0.4) is 0 Å². The topological polar surface area (TPSA) is 115 Å². The first-order valence-corrected chi connectivity index (χ1v) is 12.9. The Bertz CT molecular complexity index is 1310. The van der Waals surface area contributed by atoms with E-state index >= 15 is 0 Å². The van der Waals surface area contributed by atoms with Crippen molar-refractivity contribution in [2.45, 2.75) is 25.3 Å². The molecule has 1 aliphatic rings.